The molecule has 0 spiro atoms. The summed E-state index contributed by atoms with van der Waals surface area (Å²) in [7, 11) is 0. The predicted octanol–water partition coefficient (Wildman–Crippen LogP) is 3.42. The molecule has 2 fully saturated rings. The molecule has 26 heavy (non-hydrogen) atoms. The van der Waals surface area contributed by atoms with Gasteiger partial charge in [0, 0.05) is 11.0 Å². The Bertz CT molecular complexity index is 1040. The fourth-order valence-electron chi connectivity index (χ4n) is 5.53. The lowest BCUT2D eigenvalue weighted by Crippen LogP contribution is -2.40. The Kier molecular flexibility index (Phi) is 2.69. The van der Waals surface area contributed by atoms with Gasteiger partial charge in [-0.1, -0.05) is 13.8 Å². The van der Waals surface area contributed by atoms with Crippen LogP contribution in [0.3, 0.4) is 0 Å². The minimum Gasteiger partial charge on any atom is -0.506 e. The maximum atomic E-state index is 13.0. The number of benzene rings is 1. The third kappa shape index (κ3) is 1.55. The molecule has 0 amide bonds. The number of ketones is 1. The maximum Gasteiger partial charge on any atom is 0.231 e. The van der Waals surface area contributed by atoms with E-state index in [2.05, 4.69) is 0 Å². The molecule has 1 aromatic carbocycles. The number of allylic oxidation sites excluding steroid dienone is 2. The molecule has 5 rings (SSSR count). The zero-order valence-corrected chi connectivity index (χ0v) is 14.6. The molecule has 2 aromatic rings. The van der Waals surface area contributed by atoms with Crippen molar-refractivity contribution in [2.24, 2.45) is 11.3 Å². The second-order valence-corrected chi connectivity index (χ2v) is 8.30. The number of rotatable bonds is 1. The topological polar surface area (TPSA) is 111 Å². The first-order valence-electron chi connectivity index (χ1n) is 8.84. The van der Waals surface area contributed by atoms with Crippen molar-refractivity contribution < 1.29 is 29.6 Å². The summed E-state index contributed by atoms with van der Waals surface area (Å²) in [5.41, 5.74) is -0.0138. The summed E-state index contributed by atoms with van der Waals surface area (Å²) in [5, 5.41) is 42.0. The van der Waals surface area contributed by atoms with Gasteiger partial charge in [0.15, 0.2) is 17.1 Å². The van der Waals surface area contributed by atoms with Crippen LogP contribution in [0.2, 0.25) is 0 Å². The standard InChI is InChI=1S/C20H20O6/c1-19-4-3-8-6-20(8,2)18(19)16(25)14(23)11-12(19)15(24)17-10(13(11)22)5-9(7-21)26-17/h5,8,21-22,24-25H,3-4,6-7H2,1-2H3. The summed E-state index contributed by atoms with van der Waals surface area (Å²) in [4.78, 5) is 13.0. The lowest BCUT2D eigenvalue weighted by Gasteiger charge is -2.44. The highest BCUT2D eigenvalue weighted by molar-refractivity contribution is 6.16. The van der Waals surface area contributed by atoms with Gasteiger partial charge < -0.3 is 24.8 Å². The monoisotopic (exact) mass is 356 g/mol. The van der Waals surface area contributed by atoms with Crippen molar-refractivity contribution in [3.8, 4) is 11.5 Å². The Morgan fingerprint density at radius 2 is 1.96 bits per heavy atom. The molecular formula is C20H20O6. The molecule has 1 heterocycles. The van der Waals surface area contributed by atoms with Gasteiger partial charge in [-0.3, -0.25) is 4.79 Å². The zero-order chi connectivity index (χ0) is 18.6. The number of aromatic hydroxyl groups is 2. The second-order valence-electron chi connectivity index (χ2n) is 8.30. The molecule has 0 saturated heterocycles. The number of aliphatic hydroxyl groups excluding tert-OH is 2. The molecule has 0 bridgehead atoms. The molecule has 6 nitrogen and oxygen atoms in total. The van der Waals surface area contributed by atoms with Crippen LogP contribution in [0.25, 0.3) is 11.0 Å². The van der Waals surface area contributed by atoms with E-state index in [0.29, 0.717) is 23.5 Å². The van der Waals surface area contributed by atoms with Gasteiger partial charge in [-0.25, -0.2) is 0 Å². The van der Waals surface area contributed by atoms with Crippen LogP contribution in [0.5, 0.6) is 11.5 Å². The van der Waals surface area contributed by atoms with Crippen molar-refractivity contribution in [3.63, 3.8) is 0 Å². The number of carbonyl (C=O) groups is 1. The lowest BCUT2D eigenvalue weighted by molar-refractivity contribution is 0.0947. The number of phenolic OH excluding ortho intramolecular Hbond substituents is 2. The van der Waals surface area contributed by atoms with E-state index in [1.165, 1.54) is 6.07 Å². The highest BCUT2D eigenvalue weighted by Gasteiger charge is 2.64. The number of fused-ring (bicyclic) bond motifs is 6. The van der Waals surface area contributed by atoms with E-state index in [1.807, 2.05) is 13.8 Å². The van der Waals surface area contributed by atoms with Crippen molar-refractivity contribution in [2.45, 2.75) is 45.1 Å². The molecule has 136 valence electrons. The highest BCUT2D eigenvalue weighted by Crippen LogP contribution is 2.71. The largest absolute Gasteiger partial charge is 0.506 e. The first kappa shape index (κ1) is 15.8. The Morgan fingerprint density at radius 3 is 2.65 bits per heavy atom. The number of carbonyl (C=O) groups excluding carboxylic acids is 1. The van der Waals surface area contributed by atoms with E-state index in [9.17, 15) is 25.2 Å². The molecule has 3 aliphatic rings. The number of hydrogen-bond acceptors (Lipinski definition) is 6. The van der Waals surface area contributed by atoms with Gasteiger partial charge in [-0.2, -0.15) is 0 Å². The molecule has 4 N–H and O–H groups in total. The second kappa shape index (κ2) is 4.43. The van der Waals surface area contributed by atoms with Crippen molar-refractivity contribution in [3.05, 3.63) is 34.3 Å². The fraction of sp³-hybridized carbons (Fsp3) is 0.450. The molecule has 3 atom stereocenters. The maximum absolute atomic E-state index is 13.0. The lowest BCUT2D eigenvalue weighted by atomic mass is 9.58. The molecule has 3 unspecified atom stereocenters. The number of Topliss-reactive ketones (excluding diaryl/α,β-unsaturated/α-hetero) is 1. The van der Waals surface area contributed by atoms with Crippen molar-refractivity contribution in [2.75, 3.05) is 0 Å². The Hall–Kier alpha value is -2.47. The number of furan rings is 1. The average Bonchev–Trinajstić information content (AvgIpc) is 3.08. The SMILES string of the molecule is CC12CCC3CC3(C)C1=C(O)C(=O)c1c2c(O)c2oc(CO)cc2c1O. The molecule has 2 saturated carbocycles. The summed E-state index contributed by atoms with van der Waals surface area (Å²) >= 11 is 0. The number of aliphatic hydroxyl groups is 2. The van der Waals surface area contributed by atoms with Crippen LogP contribution in [0.4, 0.5) is 0 Å². The van der Waals surface area contributed by atoms with E-state index in [-0.39, 0.29) is 45.0 Å². The third-order valence-electron chi connectivity index (χ3n) is 6.89. The van der Waals surface area contributed by atoms with E-state index in [1.54, 1.807) is 0 Å². The molecular weight excluding hydrogens is 336 g/mol. The minimum atomic E-state index is -0.753. The van der Waals surface area contributed by atoms with E-state index < -0.39 is 17.8 Å². The van der Waals surface area contributed by atoms with E-state index >= 15 is 0 Å². The molecule has 0 aliphatic heterocycles. The van der Waals surface area contributed by atoms with Crippen LogP contribution >= 0.6 is 0 Å². The first-order chi connectivity index (χ1) is 12.2. The Labute approximate surface area is 149 Å². The van der Waals surface area contributed by atoms with Gasteiger partial charge in [0.25, 0.3) is 0 Å². The van der Waals surface area contributed by atoms with Crippen molar-refractivity contribution in [1.82, 2.24) is 0 Å². The summed E-state index contributed by atoms with van der Waals surface area (Å²) in [6, 6.07) is 1.40. The van der Waals surface area contributed by atoms with Crippen LogP contribution in [0.15, 0.2) is 21.8 Å². The van der Waals surface area contributed by atoms with Gasteiger partial charge in [-0.05, 0) is 42.2 Å². The first-order valence-corrected chi connectivity index (χ1v) is 8.84. The summed E-state index contributed by atoms with van der Waals surface area (Å²) in [6.07, 6.45) is 2.50. The molecule has 1 aromatic heterocycles. The average molecular weight is 356 g/mol. The quantitative estimate of drug-likeness (QED) is 0.583. The van der Waals surface area contributed by atoms with Crippen LogP contribution in [-0.4, -0.2) is 26.2 Å². The van der Waals surface area contributed by atoms with Crippen molar-refractivity contribution in [1.29, 1.82) is 0 Å². The summed E-state index contributed by atoms with van der Waals surface area (Å²) < 4.78 is 5.49. The van der Waals surface area contributed by atoms with Gasteiger partial charge in [0.05, 0.1) is 10.9 Å². The fourth-order valence-corrected chi connectivity index (χ4v) is 5.53. The van der Waals surface area contributed by atoms with Crippen molar-refractivity contribution >= 4 is 16.8 Å². The van der Waals surface area contributed by atoms with Crippen LogP contribution in [-0.2, 0) is 12.0 Å². The van der Waals surface area contributed by atoms with E-state index in [4.69, 9.17) is 4.42 Å². The van der Waals surface area contributed by atoms with Gasteiger partial charge in [0.2, 0.25) is 5.78 Å². The van der Waals surface area contributed by atoms with E-state index in [0.717, 1.165) is 12.8 Å². The molecule has 0 radical (unpaired) electrons. The van der Waals surface area contributed by atoms with Crippen LogP contribution < -0.4 is 0 Å². The molecule has 3 aliphatic carbocycles. The zero-order valence-electron chi connectivity index (χ0n) is 14.6. The van der Waals surface area contributed by atoms with Gasteiger partial charge in [0.1, 0.15) is 18.1 Å². The third-order valence-corrected chi connectivity index (χ3v) is 6.89. The van der Waals surface area contributed by atoms with Gasteiger partial charge in [-0.15, -0.1) is 0 Å². The minimum absolute atomic E-state index is 0.0585. The van der Waals surface area contributed by atoms with Gasteiger partial charge >= 0.3 is 0 Å². The van der Waals surface area contributed by atoms with Crippen LogP contribution in [0, 0.1) is 11.3 Å². The highest BCUT2D eigenvalue weighted by atomic mass is 16.4. The number of phenols is 2. The number of hydrogen-bond donors (Lipinski definition) is 4. The molecule has 6 heteroatoms. The summed E-state index contributed by atoms with van der Waals surface area (Å²) in [5.74, 6) is -0.869. The predicted molar refractivity (Wildman–Crippen MR) is 92.3 cm³/mol. The normalized spacial score (nSPS) is 32.4. The smallest absolute Gasteiger partial charge is 0.231 e. The Balaban J connectivity index is 1.90. The van der Waals surface area contributed by atoms with Crippen LogP contribution in [0.1, 0.15) is 54.8 Å². The summed E-state index contributed by atoms with van der Waals surface area (Å²) in [6.45, 7) is 3.56. The Morgan fingerprint density at radius 1 is 1.23 bits per heavy atom.